The molecule has 2 aromatic heterocycles. The largest absolute Gasteiger partial charge is 0.435 e. The van der Waals surface area contributed by atoms with Crippen LogP contribution in [0.1, 0.15) is 17.0 Å². The number of hydrogen-bond donors (Lipinski definition) is 1. The maximum Gasteiger partial charge on any atom is 0.435 e. The number of hydrogen-bond acceptors (Lipinski definition) is 3. The molecule has 0 spiro atoms. The van der Waals surface area contributed by atoms with Crippen molar-refractivity contribution in [1.29, 1.82) is 0 Å². The molecule has 21 heavy (non-hydrogen) atoms. The molecule has 1 amide bonds. The van der Waals surface area contributed by atoms with E-state index in [1.807, 2.05) is 6.92 Å². The van der Waals surface area contributed by atoms with E-state index in [1.54, 1.807) is 12.1 Å². The van der Waals surface area contributed by atoms with E-state index in [1.165, 1.54) is 13.1 Å². The third-order valence-electron chi connectivity index (χ3n) is 2.75. The number of aryl methyl sites for hydroxylation is 2. The molecule has 0 bridgehead atoms. The summed E-state index contributed by atoms with van der Waals surface area (Å²) in [6.45, 7) is 2.99. The number of carbonyl (C=O) groups is 1. The fourth-order valence-electron chi connectivity index (χ4n) is 1.73. The lowest BCUT2D eigenvalue weighted by Gasteiger charge is -2.06. The van der Waals surface area contributed by atoms with Gasteiger partial charge in [0.05, 0.1) is 0 Å². The summed E-state index contributed by atoms with van der Waals surface area (Å²) < 4.78 is 38.6. The van der Waals surface area contributed by atoms with Gasteiger partial charge in [-0.05, 0) is 37.6 Å². The first-order chi connectivity index (χ1) is 9.75. The maximum absolute atomic E-state index is 12.5. The van der Waals surface area contributed by atoms with Crippen molar-refractivity contribution in [2.45, 2.75) is 26.6 Å². The normalized spacial score (nSPS) is 11.5. The highest BCUT2D eigenvalue weighted by atomic mass is 19.4. The Hall–Kier alpha value is -2.38. The van der Waals surface area contributed by atoms with Crippen molar-refractivity contribution in [3.8, 4) is 0 Å². The Balaban J connectivity index is 2.08. The van der Waals surface area contributed by atoms with Crippen molar-refractivity contribution in [1.82, 2.24) is 14.8 Å². The van der Waals surface area contributed by atoms with E-state index >= 15 is 0 Å². The molecule has 2 aromatic rings. The monoisotopic (exact) mass is 298 g/mol. The van der Waals surface area contributed by atoms with E-state index in [0.29, 0.717) is 5.82 Å². The number of pyridine rings is 1. The van der Waals surface area contributed by atoms with Crippen molar-refractivity contribution in [2.24, 2.45) is 0 Å². The van der Waals surface area contributed by atoms with Crippen LogP contribution in [0.15, 0.2) is 24.4 Å². The van der Waals surface area contributed by atoms with E-state index in [-0.39, 0.29) is 12.2 Å². The van der Waals surface area contributed by atoms with Crippen LogP contribution in [-0.4, -0.2) is 20.7 Å². The molecule has 0 aliphatic carbocycles. The van der Waals surface area contributed by atoms with E-state index in [9.17, 15) is 18.0 Å². The summed E-state index contributed by atoms with van der Waals surface area (Å²) >= 11 is 0. The van der Waals surface area contributed by atoms with Gasteiger partial charge in [-0.25, -0.2) is 4.98 Å². The lowest BCUT2D eigenvalue weighted by molar-refractivity contribution is -0.141. The topological polar surface area (TPSA) is 59.8 Å². The van der Waals surface area contributed by atoms with Crippen LogP contribution in [0.3, 0.4) is 0 Å². The van der Waals surface area contributed by atoms with Gasteiger partial charge in [-0.3, -0.25) is 9.48 Å². The molecule has 0 fully saturated rings. The second-order valence-corrected chi connectivity index (χ2v) is 4.59. The van der Waals surface area contributed by atoms with Crippen LogP contribution in [0.5, 0.6) is 0 Å². The number of nitrogens with zero attached hydrogens (tertiary/aromatic N) is 3. The second kappa shape index (κ2) is 5.55. The molecule has 112 valence electrons. The number of halogens is 3. The average Bonchev–Trinajstić information content (AvgIpc) is 2.70. The number of nitrogens with one attached hydrogen (secondary N) is 1. The van der Waals surface area contributed by atoms with Gasteiger partial charge in [0.2, 0.25) is 5.91 Å². The standard InChI is InChI=1S/C13H13F3N4O/c1-8-3-4-17-11(5-8)18-12(21)7-20-9(2)6-10(19-20)13(14,15)16/h3-6H,7H2,1-2H3,(H,17,18,21). The lowest BCUT2D eigenvalue weighted by Crippen LogP contribution is -2.21. The van der Waals surface area contributed by atoms with Gasteiger partial charge < -0.3 is 5.32 Å². The maximum atomic E-state index is 12.5. The van der Waals surface area contributed by atoms with Crippen molar-refractivity contribution >= 4 is 11.7 Å². The molecule has 1 N–H and O–H groups in total. The van der Waals surface area contributed by atoms with Crippen molar-refractivity contribution < 1.29 is 18.0 Å². The fraction of sp³-hybridized carbons (Fsp3) is 0.308. The SMILES string of the molecule is Cc1ccnc(NC(=O)Cn2nc(C(F)(F)F)cc2C)c1. The summed E-state index contributed by atoms with van der Waals surface area (Å²) in [5.74, 6) is -0.145. The Kier molecular flexibility index (Phi) is 3.97. The summed E-state index contributed by atoms with van der Waals surface area (Å²) in [6, 6.07) is 4.33. The number of amides is 1. The van der Waals surface area contributed by atoms with Gasteiger partial charge in [0.1, 0.15) is 12.4 Å². The molecule has 0 unspecified atom stereocenters. The third-order valence-corrected chi connectivity index (χ3v) is 2.75. The summed E-state index contributed by atoms with van der Waals surface area (Å²) in [7, 11) is 0. The molecule has 2 heterocycles. The Bertz CT molecular complexity index is 664. The lowest BCUT2D eigenvalue weighted by atomic mass is 10.3. The van der Waals surface area contributed by atoms with Crippen molar-refractivity contribution in [2.75, 3.05) is 5.32 Å². The molecule has 8 heteroatoms. The van der Waals surface area contributed by atoms with Crippen LogP contribution in [0, 0.1) is 13.8 Å². The molecule has 0 saturated carbocycles. The predicted octanol–water partition coefficient (Wildman–Crippen LogP) is 2.55. The minimum absolute atomic E-state index is 0.259. The quantitative estimate of drug-likeness (QED) is 0.947. The molecule has 0 aliphatic heterocycles. The molecule has 0 atom stereocenters. The van der Waals surface area contributed by atoms with Crippen LogP contribution >= 0.6 is 0 Å². The smallest absolute Gasteiger partial charge is 0.309 e. The van der Waals surface area contributed by atoms with Crippen molar-refractivity contribution in [3.05, 3.63) is 41.3 Å². The van der Waals surface area contributed by atoms with Crippen molar-refractivity contribution in [3.63, 3.8) is 0 Å². The predicted molar refractivity (Wildman–Crippen MR) is 69.6 cm³/mol. The van der Waals surface area contributed by atoms with Gasteiger partial charge >= 0.3 is 6.18 Å². The van der Waals surface area contributed by atoms with Gasteiger partial charge in [-0.2, -0.15) is 18.3 Å². The van der Waals surface area contributed by atoms with Gasteiger partial charge in [0.15, 0.2) is 5.69 Å². The highest BCUT2D eigenvalue weighted by molar-refractivity contribution is 5.89. The van der Waals surface area contributed by atoms with Gasteiger partial charge in [0.25, 0.3) is 0 Å². The van der Waals surface area contributed by atoms with Crippen LogP contribution in [-0.2, 0) is 17.5 Å². The Morgan fingerprint density at radius 3 is 2.62 bits per heavy atom. The van der Waals surface area contributed by atoms with Gasteiger partial charge in [0, 0.05) is 11.9 Å². The molecule has 0 saturated heterocycles. The molecule has 0 aliphatic rings. The molecular formula is C13H13F3N4O. The Labute approximate surface area is 118 Å². The minimum atomic E-state index is -4.52. The molecule has 2 rings (SSSR count). The number of anilines is 1. The Morgan fingerprint density at radius 1 is 1.33 bits per heavy atom. The average molecular weight is 298 g/mol. The number of rotatable bonds is 3. The number of aromatic nitrogens is 3. The number of carbonyl (C=O) groups excluding carboxylic acids is 1. The van der Waals surface area contributed by atoms with E-state index in [2.05, 4.69) is 15.4 Å². The highest BCUT2D eigenvalue weighted by Crippen LogP contribution is 2.28. The Morgan fingerprint density at radius 2 is 2.05 bits per heavy atom. The van der Waals surface area contributed by atoms with Crippen LogP contribution in [0.25, 0.3) is 0 Å². The van der Waals surface area contributed by atoms with Crippen LogP contribution in [0.4, 0.5) is 19.0 Å². The highest BCUT2D eigenvalue weighted by Gasteiger charge is 2.34. The zero-order chi connectivity index (χ0) is 15.6. The summed E-state index contributed by atoms with van der Waals surface area (Å²) in [5, 5.41) is 5.90. The second-order valence-electron chi connectivity index (χ2n) is 4.59. The van der Waals surface area contributed by atoms with Gasteiger partial charge in [-0.15, -0.1) is 0 Å². The van der Waals surface area contributed by atoms with E-state index < -0.39 is 17.8 Å². The van der Waals surface area contributed by atoms with E-state index in [0.717, 1.165) is 16.3 Å². The zero-order valence-corrected chi connectivity index (χ0v) is 11.4. The number of alkyl halides is 3. The zero-order valence-electron chi connectivity index (χ0n) is 11.4. The molecular weight excluding hydrogens is 285 g/mol. The molecule has 0 aromatic carbocycles. The summed E-state index contributed by atoms with van der Waals surface area (Å²) in [5.41, 5.74) is 0.158. The summed E-state index contributed by atoms with van der Waals surface area (Å²) in [4.78, 5) is 15.8. The first-order valence-electron chi connectivity index (χ1n) is 6.10. The van der Waals surface area contributed by atoms with Crippen LogP contribution < -0.4 is 5.32 Å². The molecule has 5 nitrogen and oxygen atoms in total. The third kappa shape index (κ3) is 3.80. The summed E-state index contributed by atoms with van der Waals surface area (Å²) in [6.07, 6.45) is -2.99. The molecule has 0 radical (unpaired) electrons. The fourth-order valence-corrected chi connectivity index (χ4v) is 1.73. The van der Waals surface area contributed by atoms with E-state index in [4.69, 9.17) is 0 Å². The first-order valence-corrected chi connectivity index (χ1v) is 6.10. The van der Waals surface area contributed by atoms with Crippen LogP contribution in [0.2, 0.25) is 0 Å². The van der Waals surface area contributed by atoms with Gasteiger partial charge in [-0.1, -0.05) is 0 Å². The minimum Gasteiger partial charge on any atom is -0.309 e. The first kappa shape index (κ1) is 15.0.